The quantitative estimate of drug-likeness (QED) is 0.819. The Hall–Kier alpha value is -1.56. The normalized spacial score (nSPS) is 10.9. The second kappa shape index (κ2) is 4.98. The van der Waals surface area contributed by atoms with Crippen molar-refractivity contribution in [2.75, 3.05) is 18.1 Å². The summed E-state index contributed by atoms with van der Waals surface area (Å²) in [7, 11) is -1.74. The Kier molecular flexibility index (Phi) is 3.89. The molecule has 0 saturated carbocycles. The van der Waals surface area contributed by atoms with Crippen molar-refractivity contribution in [3.05, 3.63) is 29.8 Å². The largest absolute Gasteiger partial charge is 0.388 e. The lowest BCUT2D eigenvalue weighted by molar-refractivity contribution is 0.0981. The molecule has 1 amide bonds. The second-order valence-electron chi connectivity index (χ2n) is 3.16. The molecule has 0 aromatic heterocycles. The van der Waals surface area contributed by atoms with Crippen LogP contribution in [0.25, 0.3) is 0 Å². The molecule has 0 unspecified atom stereocenters. The topological polar surface area (TPSA) is 75.3 Å². The molecule has 16 heavy (non-hydrogen) atoms. The zero-order valence-electron chi connectivity index (χ0n) is 9.15. The van der Waals surface area contributed by atoms with E-state index in [4.69, 9.17) is 0 Å². The minimum Gasteiger partial charge on any atom is -0.388 e. The van der Waals surface area contributed by atoms with Crippen LogP contribution in [0.4, 0.5) is 5.69 Å². The Morgan fingerprint density at radius 2 is 1.81 bits per heavy atom. The van der Waals surface area contributed by atoms with Gasteiger partial charge in [0.05, 0.1) is 5.75 Å². The highest BCUT2D eigenvalue weighted by atomic mass is 32.2. The number of sulfonamides is 1. The van der Waals surface area contributed by atoms with E-state index in [0.717, 1.165) is 5.69 Å². The standard InChI is InChI=1S/C10H14N2O3S/c1-3-16(14,15)12-10(13)8-4-6-9(11-2)7-5-8/h4-7,11H,3H2,1-2H3,(H,12,13). The minimum atomic E-state index is -3.50. The second-order valence-corrected chi connectivity index (χ2v) is 5.17. The third kappa shape index (κ3) is 3.23. The molecule has 0 heterocycles. The van der Waals surface area contributed by atoms with Crippen LogP contribution in [-0.2, 0) is 10.0 Å². The molecule has 0 aliphatic heterocycles. The molecule has 0 radical (unpaired) electrons. The van der Waals surface area contributed by atoms with Crippen molar-refractivity contribution in [2.24, 2.45) is 0 Å². The van der Waals surface area contributed by atoms with Crippen molar-refractivity contribution in [1.29, 1.82) is 0 Å². The van der Waals surface area contributed by atoms with E-state index in [9.17, 15) is 13.2 Å². The predicted molar refractivity (Wildman–Crippen MR) is 62.9 cm³/mol. The van der Waals surface area contributed by atoms with E-state index < -0.39 is 15.9 Å². The number of rotatable bonds is 4. The molecule has 0 atom stereocenters. The van der Waals surface area contributed by atoms with Crippen molar-refractivity contribution in [3.8, 4) is 0 Å². The third-order valence-corrected chi connectivity index (χ3v) is 3.32. The number of carbonyl (C=O) groups excluding carboxylic acids is 1. The average Bonchev–Trinajstić information content (AvgIpc) is 2.28. The number of hydrogen-bond donors (Lipinski definition) is 2. The average molecular weight is 242 g/mol. The van der Waals surface area contributed by atoms with Gasteiger partial charge in [-0.15, -0.1) is 0 Å². The highest BCUT2D eigenvalue weighted by molar-refractivity contribution is 7.90. The number of nitrogens with one attached hydrogen (secondary N) is 2. The molecule has 5 nitrogen and oxygen atoms in total. The summed E-state index contributed by atoms with van der Waals surface area (Å²) in [4.78, 5) is 11.5. The van der Waals surface area contributed by atoms with Crippen molar-refractivity contribution in [3.63, 3.8) is 0 Å². The molecular weight excluding hydrogens is 228 g/mol. The lowest BCUT2D eigenvalue weighted by Gasteiger charge is -2.05. The van der Waals surface area contributed by atoms with Gasteiger partial charge in [0, 0.05) is 18.3 Å². The van der Waals surface area contributed by atoms with Crippen LogP contribution in [0.3, 0.4) is 0 Å². The van der Waals surface area contributed by atoms with Crippen LogP contribution in [0.1, 0.15) is 17.3 Å². The van der Waals surface area contributed by atoms with E-state index in [-0.39, 0.29) is 5.75 Å². The van der Waals surface area contributed by atoms with Crippen LogP contribution in [-0.4, -0.2) is 27.1 Å². The first-order valence-corrected chi connectivity index (χ1v) is 6.46. The Morgan fingerprint density at radius 3 is 2.25 bits per heavy atom. The van der Waals surface area contributed by atoms with Crippen LogP contribution < -0.4 is 10.0 Å². The molecule has 0 bridgehead atoms. The summed E-state index contributed by atoms with van der Waals surface area (Å²) < 4.78 is 24.3. The van der Waals surface area contributed by atoms with E-state index in [0.29, 0.717) is 5.56 Å². The van der Waals surface area contributed by atoms with Gasteiger partial charge in [0.25, 0.3) is 5.91 Å². The van der Waals surface area contributed by atoms with Crippen LogP contribution >= 0.6 is 0 Å². The summed E-state index contributed by atoms with van der Waals surface area (Å²) in [5.74, 6) is -0.725. The molecule has 0 aliphatic rings. The van der Waals surface area contributed by atoms with E-state index in [1.165, 1.54) is 6.92 Å². The molecule has 88 valence electrons. The molecule has 1 rings (SSSR count). The van der Waals surface area contributed by atoms with Crippen molar-refractivity contribution in [1.82, 2.24) is 4.72 Å². The summed E-state index contributed by atoms with van der Waals surface area (Å²) >= 11 is 0. The van der Waals surface area contributed by atoms with Crippen molar-refractivity contribution >= 4 is 21.6 Å². The molecule has 1 aromatic carbocycles. The molecule has 6 heteroatoms. The summed E-state index contributed by atoms with van der Waals surface area (Å²) in [5, 5.41) is 2.90. The summed E-state index contributed by atoms with van der Waals surface area (Å²) in [6, 6.07) is 6.53. The molecule has 0 saturated heterocycles. The Labute approximate surface area is 94.9 Å². The van der Waals surface area contributed by atoms with Gasteiger partial charge >= 0.3 is 0 Å². The SMILES string of the molecule is CCS(=O)(=O)NC(=O)c1ccc(NC)cc1. The van der Waals surface area contributed by atoms with Gasteiger partial charge in [-0.25, -0.2) is 13.1 Å². The molecular formula is C10H14N2O3S. The highest BCUT2D eigenvalue weighted by Gasteiger charge is 2.13. The first-order chi connectivity index (χ1) is 7.48. The predicted octanol–water partition coefficient (Wildman–Crippen LogP) is 0.808. The van der Waals surface area contributed by atoms with Gasteiger partial charge in [0.2, 0.25) is 10.0 Å². The van der Waals surface area contributed by atoms with Gasteiger partial charge < -0.3 is 5.32 Å². The Morgan fingerprint density at radius 1 is 1.25 bits per heavy atom. The highest BCUT2D eigenvalue weighted by Crippen LogP contribution is 2.08. The fraction of sp³-hybridized carbons (Fsp3) is 0.300. The van der Waals surface area contributed by atoms with Gasteiger partial charge in [-0.3, -0.25) is 4.79 Å². The van der Waals surface area contributed by atoms with E-state index in [1.54, 1.807) is 31.3 Å². The van der Waals surface area contributed by atoms with Crippen LogP contribution in [0.15, 0.2) is 24.3 Å². The maximum Gasteiger partial charge on any atom is 0.264 e. The van der Waals surface area contributed by atoms with Gasteiger partial charge in [-0.1, -0.05) is 0 Å². The van der Waals surface area contributed by atoms with Crippen LogP contribution in [0.5, 0.6) is 0 Å². The first-order valence-electron chi connectivity index (χ1n) is 4.81. The molecule has 0 fully saturated rings. The number of benzene rings is 1. The Balaban J connectivity index is 2.81. The number of carbonyl (C=O) groups is 1. The summed E-state index contributed by atoms with van der Waals surface area (Å²) in [6.07, 6.45) is 0. The van der Waals surface area contributed by atoms with Gasteiger partial charge in [-0.05, 0) is 31.2 Å². The zero-order chi connectivity index (χ0) is 12.2. The maximum atomic E-state index is 11.5. The lowest BCUT2D eigenvalue weighted by Crippen LogP contribution is -2.31. The minimum absolute atomic E-state index is 0.118. The van der Waals surface area contributed by atoms with Gasteiger partial charge in [0.15, 0.2) is 0 Å². The van der Waals surface area contributed by atoms with E-state index in [1.807, 2.05) is 4.72 Å². The smallest absolute Gasteiger partial charge is 0.264 e. The number of hydrogen-bond acceptors (Lipinski definition) is 4. The maximum absolute atomic E-state index is 11.5. The fourth-order valence-corrected chi connectivity index (χ4v) is 1.61. The Bertz CT molecular complexity index is 465. The van der Waals surface area contributed by atoms with Crippen molar-refractivity contribution < 1.29 is 13.2 Å². The molecule has 1 aromatic rings. The van der Waals surface area contributed by atoms with Crippen LogP contribution in [0, 0.1) is 0 Å². The van der Waals surface area contributed by atoms with E-state index in [2.05, 4.69) is 5.32 Å². The van der Waals surface area contributed by atoms with Gasteiger partial charge in [0.1, 0.15) is 0 Å². The zero-order valence-corrected chi connectivity index (χ0v) is 9.97. The van der Waals surface area contributed by atoms with Crippen LogP contribution in [0.2, 0.25) is 0 Å². The summed E-state index contributed by atoms with van der Waals surface area (Å²) in [6.45, 7) is 1.47. The third-order valence-electron chi connectivity index (χ3n) is 2.06. The number of amides is 1. The molecule has 0 aliphatic carbocycles. The lowest BCUT2D eigenvalue weighted by atomic mass is 10.2. The molecule has 2 N–H and O–H groups in total. The fourth-order valence-electron chi connectivity index (χ4n) is 1.06. The number of anilines is 1. The summed E-state index contributed by atoms with van der Waals surface area (Å²) in [5.41, 5.74) is 1.17. The van der Waals surface area contributed by atoms with Gasteiger partial charge in [-0.2, -0.15) is 0 Å². The van der Waals surface area contributed by atoms with Crippen molar-refractivity contribution in [2.45, 2.75) is 6.92 Å². The monoisotopic (exact) mass is 242 g/mol. The first kappa shape index (κ1) is 12.5. The molecule has 0 spiro atoms. The van der Waals surface area contributed by atoms with E-state index >= 15 is 0 Å².